The van der Waals surface area contributed by atoms with Crippen molar-refractivity contribution in [3.8, 4) is 12.3 Å². The highest BCUT2D eigenvalue weighted by atomic mass is 32.2. The van der Waals surface area contributed by atoms with Crippen LogP contribution in [0.25, 0.3) is 10.8 Å². The number of benzene rings is 2. The topological polar surface area (TPSA) is 76.7 Å². The predicted octanol–water partition coefficient (Wildman–Crippen LogP) is 2.07. The quantitative estimate of drug-likeness (QED) is 0.429. The van der Waals surface area contributed by atoms with E-state index >= 15 is 0 Å². The first-order valence-corrected chi connectivity index (χ1v) is 12.2. The van der Waals surface area contributed by atoms with Gasteiger partial charge in [-0.25, -0.2) is 9.03 Å². The first kappa shape index (κ1) is 23.6. The maximum atomic E-state index is 12.7. The molecule has 174 valence electrons. The van der Waals surface area contributed by atoms with Gasteiger partial charge in [0.05, 0.1) is 13.1 Å². The van der Waals surface area contributed by atoms with Gasteiger partial charge in [-0.1, -0.05) is 48.4 Å². The van der Waals surface area contributed by atoms with E-state index in [1.165, 1.54) is 28.5 Å². The lowest BCUT2D eigenvalue weighted by atomic mass is 9.96. The van der Waals surface area contributed by atoms with Crippen molar-refractivity contribution in [3.05, 3.63) is 48.0 Å². The summed E-state index contributed by atoms with van der Waals surface area (Å²) in [5.41, 5.74) is 1.36. The fourth-order valence-electron chi connectivity index (χ4n) is 4.72. The molecule has 0 aliphatic carbocycles. The number of fused-ring (bicyclic) bond motifs is 1. The van der Waals surface area contributed by atoms with Crippen LogP contribution < -0.4 is 15.4 Å². The number of carbonyl (C=O) groups excluding carboxylic acids is 2. The number of carbonyl (C=O) groups is 2. The second kappa shape index (κ2) is 11.0. The summed E-state index contributed by atoms with van der Waals surface area (Å²) in [6.07, 6.45) is 7.14. The minimum absolute atomic E-state index is 0.0590. The van der Waals surface area contributed by atoms with Crippen LogP contribution in [0, 0.1) is 12.3 Å². The van der Waals surface area contributed by atoms with E-state index in [9.17, 15) is 9.59 Å². The molecule has 7 nitrogen and oxygen atoms in total. The van der Waals surface area contributed by atoms with Crippen LogP contribution in [0.5, 0.6) is 0 Å². The number of hydrogen-bond acceptors (Lipinski definition) is 6. The molecule has 3 N–H and O–H groups in total. The normalized spacial score (nSPS) is 20.9. The highest BCUT2D eigenvalue weighted by molar-refractivity contribution is 7.95. The largest absolute Gasteiger partial charge is 0.346 e. The molecule has 2 aromatic carbocycles. The molecule has 2 unspecified atom stereocenters. The maximum Gasteiger partial charge on any atom is 0.240 e. The molecule has 2 atom stereocenters. The van der Waals surface area contributed by atoms with Gasteiger partial charge in [-0.15, -0.1) is 6.42 Å². The first-order chi connectivity index (χ1) is 16.1. The fraction of sp³-hybridized carbons (Fsp3) is 0.440. The van der Waals surface area contributed by atoms with Crippen molar-refractivity contribution in [1.29, 1.82) is 0 Å². The van der Waals surface area contributed by atoms with Crippen molar-refractivity contribution < 1.29 is 9.59 Å². The second-order valence-electron chi connectivity index (χ2n) is 8.53. The number of likely N-dealkylation sites (tertiary alicyclic amines) is 1. The van der Waals surface area contributed by atoms with Gasteiger partial charge in [-0.3, -0.25) is 14.5 Å². The molecule has 8 heteroatoms. The lowest BCUT2D eigenvalue weighted by molar-refractivity contribution is -0.128. The van der Waals surface area contributed by atoms with Crippen molar-refractivity contribution in [2.45, 2.75) is 37.9 Å². The Hall–Kier alpha value is -2.57. The van der Waals surface area contributed by atoms with Gasteiger partial charge in [0.1, 0.15) is 6.04 Å². The van der Waals surface area contributed by atoms with E-state index in [2.05, 4.69) is 79.9 Å². The smallest absolute Gasteiger partial charge is 0.240 e. The molecule has 0 radical (unpaired) electrons. The molecular formula is C25H31N5O2S. The zero-order valence-electron chi connectivity index (χ0n) is 18.9. The third-order valence-corrected chi connectivity index (χ3v) is 7.61. The van der Waals surface area contributed by atoms with E-state index in [0.717, 1.165) is 25.9 Å². The van der Waals surface area contributed by atoms with Crippen LogP contribution in [-0.2, 0) is 9.59 Å². The Morgan fingerprint density at radius 3 is 2.73 bits per heavy atom. The van der Waals surface area contributed by atoms with Gasteiger partial charge in [-0.05, 0) is 36.1 Å². The summed E-state index contributed by atoms with van der Waals surface area (Å²) in [5.74, 6) is 1.95. The average molecular weight is 466 g/mol. The van der Waals surface area contributed by atoms with Gasteiger partial charge in [0.15, 0.2) is 0 Å². The lowest BCUT2D eigenvalue weighted by Gasteiger charge is -2.40. The summed E-state index contributed by atoms with van der Waals surface area (Å²) in [6, 6.07) is 15.5. The van der Waals surface area contributed by atoms with Gasteiger partial charge in [0.25, 0.3) is 0 Å². The molecule has 33 heavy (non-hydrogen) atoms. The number of hydrogen-bond donors (Lipinski definition) is 3. The number of rotatable bonds is 7. The summed E-state index contributed by atoms with van der Waals surface area (Å²) in [5, 5.41) is 7.90. The first-order valence-electron chi connectivity index (χ1n) is 11.5. The van der Waals surface area contributed by atoms with Crippen LogP contribution in [-0.4, -0.2) is 65.8 Å². The minimum Gasteiger partial charge on any atom is -0.346 e. The van der Waals surface area contributed by atoms with E-state index < -0.39 is 0 Å². The summed E-state index contributed by atoms with van der Waals surface area (Å²) in [7, 11) is 0. The van der Waals surface area contributed by atoms with E-state index in [1.54, 1.807) is 0 Å². The number of nitrogens with zero attached hydrogens (tertiary/aromatic N) is 2. The number of piperidine rings is 1. The van der Waals surface area contributed by atoms with Crippen LogP contribution in [0.1, 0.15) is 31.4 Å². The van der Waals surface area contributed by atoms with Crippen LogP contribution >= 0.6 is 12.1 Å². The van der Waals surface area contributed by atoms with Crippen molar-refractivity contribution >= 4 is 34.7 Å². The third kappa shape index (κ3) is 5.50. The zero-order valence-corrected chi connectivity index (χ0v) is 19.7. The summed E-state index contributed by atoms with van der Waals surface area (Å²) < 4.78 is 5.42. The molecule has 2 aromatic rings. The molecule has 2 aliphatic heterocycles. The van der Waals surface area contributed by atoms with Crippen molar-refractivity contribution in [1.82, 2.24) is 24.6 Å². The van der Waals surface area contributed by atoms with E-state index in [1.807, 2.05) is 0 Å². The number of nitrogens with one attached hydrogen (secondary N) is 3. The predicted molar refractivity (Wildman–Crippen MR) is 133 cm³/mol. The average Bonchev–Trinajstić information content (AvgIpc) is 3.35. The van der Waals surface area contributed by atoms with Crippen LogP contribution in [0.3, 0.4) is 0 Å². The maximum absolute atomic E-state index is 12.7. The molecular weight excluding hydrogens is 434 g/mol. The third-order valence-electron chi connectivity index (χ3n) is 6.55. The van der Waals surface area contributed by atoms with Crippen LogP contribution in [0.2, 0.25) is 0 Å². The highest BCUT2D eigenvalue weighted by Crippen LogP contribution is 2.33. The molecule has 0 bridgehead atoms. The Morgan fingerprint density at radius 2 is 1.94 bits per heavy atom. The van der Waals surface area contributed by atoms with Gasteiger partial charge < -0.3 is 10.6 Å². The Balaban J connectivity index is 1.33. The Kier molecular flexibility index (Phi) is 7.89. The number of terminal acetylenes is 1. The molecule has 2 heterocycles. The Labute approximate surface area is 199 Å². The second-order valence-corrected chi connectivity index (χ2v) is 9.42. The highest BCUT2D eigenvalue weighted by Gasteiger charge is 2.38. The fourth-order valence-corrected chi connectivity index (χ4v) is 5.76. The van der Waals surface area contributed by atoms with E-state index in [0.29, 0.717) is 18.6 Å². The van der Waals surface area contributed by atoms with Gasteiger partial charge in [0, 0.05) is 43.9 Å². The molecule has 2 saturated heterocycles. The standard InChI is InChI=1S/C25H31N5O2S/c1-3-13-26-24(31)17-27-25(32)23-16-28-33-30(23)20-11-14-29(15-12-20)18(2)21-10-6-8-19-7-4-5-9-22(19)21/h1,4-10,18,20,23,28H,11-17H2,2H3,(H,26,31)(H,27,32). The summed E-state index contributed by atoms with van der Waals surface area (Å²) in [6.45, 7) is 4.92. The molecule has 4 rings (SSSR count). The SMILES string of the molecule is C#CCNC(=O)CNC(=O)C1CNSN1C1CCN(C(C)c2cccc3ccccc23)CC1. The van der Waals surface area contributed by atoms with Crippen LogP contribution in [0.15, 0.2) is 42.5 Å². The monoisotopic (exact) mass is 465 g/mol. The zero-order chi connectivity index (χ0) is 23.2. The molecule has 2 fully saturated rings. The summed E-state index contributed by atoms with van der Waals surface area (Å²) >= 11 is 1.52. The van der Waals surface area contributed by atoms with Gasteiger partial charge in [-0.2, -0.15) is 0 Å². The van der Waals surface area contributed by atoms with Gasteiger partial charge in [0.2, 0.25) is 11.8 Å². The Bertz CT molecular complexity index is 1030. The van der Waals surface area contributed by atoms with E-state index in [4.69, 9.17) is 6.42 Å². The molecule has 0 spiro atoms. The molecule has 0 aromatic heterocycles. The molecule has 2 amide bonds. The van der Waals surface area contributed by atoms with Crippen molar-refractivity contribution in [2.24, 2.45) is 0 Å². The van der Waals surface area contributed by atoms with Crippen molar-refractivity contribution in [2.75, 3.05) is 32.7 Å². The lowest BCUT2D eigenvalue weighted by Crippen LogP contribution is -2.51. The molecule has 2 aliphatic rings. The Morgan fingerprint density at radius 1 is 1.18 bits per heavy atom. The number of amides is 2. The molecule has 0 saturated carbocycles. The minimum atomic E-state index is -0.289. The van der Waals surface area contributed by atoms with Crippen LogP contribution in [0.4, 0.5) is 0 Å². The summed E-state index contributed by atoms with van der Waals surface area (Å²) in [4.78, 5) is 27.0. The van der Waals surface area contributed by atoms with Gasteiger partial charge >= 0.3 is 0 Å². The van der Waals surface area contributed by atoms with Crippen molar-refractivity contribution in [3.63, 3.8) is 0 Å². The van der Waals surface area contributed by atoms with E-state index in [-0.39, 0.29) is 30.9 Å².